The number of hydrogen-bond acceptors (Lipinski definition) is 4. The molecule has 0 saturated heterocycles. The first-order valence-corrected chi connectivity index (χ1v) is 9.65. The molecule has 0 unspecified atom stereocenters. The first-order valence-electron chi connectivity index (χ1n) is 9.65. The van der Waals surface area contributed by atoms with Crippen molar-refractivity contribution in [3.8, 4) is 16.9 Å². The molecule has 2 aromatic carbocycles. The lowest BCUT2D eigenvalue weighted by atomic mass is 10.0. The van der Waals surface area contributed by atoms with Crippen molar-refractivity contribution >= 4 is 6.21 Å². The van der Waals surface area contributed by atoms with Gasteiger partial charge in [-0.25, -0.2) is 0 Å². The summed E-state index contributed by atoms with van der Waals surface area (Å²) in [6.45, 7) is 11.1. The van der Waals surface area contributed by atoms with Crippen molar-refractivity contribution in [3.63, 3.8) is 0 Å². The molecule has 0 bridgehead atoms. The standard InChI is InChI=1S/C24H31NO3/c1-19(2)26-16-8-9-17-27-22-14-12-20(13-15-22)23-11-7-6-10-21(23)18-25-28-24(3,4)5/h6-15,18-19H,16-17H2,1-5H3/b9-8-,25-18+. The monoisotopic (exact) mass is 381 g/mol. The maximum atomic E-state index is 5.75. The molecule has 0 aromatic heterocycles. The molecule has 0 fully saturated rings. The zero-order chi connectivity index (χ0) is 20.4. The third kappa shape index (κ3) is 7.97. The molecule has 0 spiro atoms. The molecule has 0 aliphatic rings. The average molecular weight is 382 g/mol. The van der Waals surface area contributed by atoms with Crippen molar-refractivity contribution in [2.75, 3.05) is 13.2 Å². The third-order valence-corrected chi connectivity index (χ3v) is 3.68. The lowest BCUT2D eigenvalue weighted by molar-refractivity contribution is 0.00199. The molecule has 0 aliphatic carbocycles. The predicted molar refractivity (Wildman–Crippen MR) is 116 cm³/mol. The fourth-order valence-electron chi connectivity index (χ4n) is 2.37. The fourth-order valence-corrected chi connectivity index (χ4v) is 2.37. The van der Waals surface area contributed by atoms with Crippen LogP contribution in [-0.4, -0.2) is 31.1 Å². The fraction of sp³-hybridized carbons (Fsp3) is 0.375. The van der Waals surface area contributed by atoms with E-state index in [1.54, 1.807) is 6.21 Å². The highest BCUT2D eigenvalue weighted by Crippen LogP contribution is 2.25. The van der Waals surface area contributed by atoms with E-state index in [1.807, 2.05) is 77.1 Å². The Bertz CT molecular complexity index is 771. The summed E-state index contributed by atoms with van der Waals surface area (Å²) in [7, 11) is 0. The lowest BCUT2D eigenvalue weighted by Crippen LogP contribution is -2.15. The van der Waals surface area contributed by atoms with Gasteiger partial charge in [0.15, 0.2) is 0 Å². The summed E-state index contributed by atoms with van der Waals surface area (Å²) in [5.74, 6) is 0.834. The Morgan fingerprint density at radius 3 is 2.29 bits per heavy atom. The Kier molecular flexibility index (Phi) is 8.27. The van der Waals surface area contributed by atoms with Crippen LogP contribution in [0.15, 0.2) is 65.8 Å². The van der Waals surface area contributed by atoms with Gasteiger partial charge in [-0.15, -0.1) is 0 Å². The number of hydrogen-bond donors (Lipinski definition) is 0. The quantitative estimate of drug-likeness (QED) is 0.310. The van der Waals surface area contributed by atoms with Gasteiger partial charge in [0.25, 0.3) is 0 Å². The molecule has 2 aromatic rings. The van der Waals surface area contributed by atoms with E-state index >= 15 is 0 Å². The van der Waals surface area contributed by atoms with E-state index in [0.717, 1.165) is 22.4 Å². The number of rotatable bonds is 9. The number of oxime groups is 1. The first kappa shape index (κ1) is 21.7. The second-order valence-corrected chi connectivity index (χ2v) is 7.71. The van der Waals surface area contributed by atoms with Gasteiger partial charge in [-0.3, -0.25) is 0 Å². The second kappa shape index (κ2) is 10.7. The van der Waals surface area contributed by atoms with Gasteiger partial charge >= 0.3 is 0 Å². The summed E-state index contributed by atoms with van der Waals surface area (Å²) in [5.41, 5.74) is 2.90. The SMILES string of the molecule is CC(C)OC/C=C\COc1ccc(-c2ccccc2/C=N/OC(C)(C)C)cc1. The zero-order valence-corrected chi connectivity index (χ0v) is 17.5. The largest absolute Gasteiger partial charge is 0.490 e. The van der Waals surface area contributed by atoms with Gasteiger partial charge in [-0.05, 0) is 64.0 Å². The molecule has 150 valence electrons. The van der Waals surface area contributed by atoms with Crippen LogP contribution in [-0.2, 0) is 9.57 Å². The molecular weight excluding hydrogens is 350 g/mol. The Labute approximate surface area is 168 Å². The molecular formula is C24H31NO3. The van der Waals surface area contributed by atoms with Gasteiger partial charge in [-0.1, -0.05) is 47.6 Å². The summed E-state index contributed by atoms with van der Waals surface area (Å²) < 4.78 is 11.2. The Morgan fingerprint density at radius 2 is 1.61 bits per heavy atom. The van der Waals surface area contributed by atoms with Crippen LogP contribution in [0.5, 0.6) is 5.75 Å². The molecule has 0 radical (unpaired) electrons. The van der Waals surface area contributed by atoms with Crippen molar-refractivity contribution in [3.05, 3.63) is 66.2 Å². The lowest BCUT2D eigenvalue weighted by Gasteiger charge is -2.15. The highest BCUT2D eigenvalue weighted by Gasteiger charge is 2.10. The van der Waals surface area contributed by atoms with Crippen LogP contribution in [0, 0.1) is 0 Å². The minimum atomic E-state index is -0.306. The van der Waals surface area contributed by atoms with Gasteiger partial charge < -0.3 is 14.3 Å². The molecule has 0 saturated carbocycles. The Morgan fingerprint density at radius 1 is 0.929 bits per heavy atom. The Balaban J connectivity index is 1.98. The summed E-state index contributed by atoms with van der Waals surface area (Å²) in [6.07, 6.45) is 5.95. The third-order valence-electron chi connectivity index (χ3n) is 3.68. The topological polar surface area (TPSA) is 40.0 Å². The zero-order valence-electron chi connectivity index (χ0n) is 17.5. The van der Waals surface area contributed by atoms with E-state index in [2.05, 4.69) is 23.4 Å². The summed E-state index contributed by atoms with van der Waals surface area (Å²) in [5, 5.41) is 4.12. The van der Waals surface area contributed by atoms with E-state index in [0.29, 0.717) is 13.2 Å². The summed E-state index contributed by atoms with van der Waals surface area (Å²) >= 11 is 0. The maximum Gasteiger partial charge on any atom is 0.129 e. The molecule has 4 nitrogen and oxygen atoms in total. The number of benzene rings is 2. The second-order valence-electron chi connectivity index (χ2n) is 7.71. The van der Waals surface area contributed by atoms with E-state index in [-0.39, 0.29) is 11.7 Å². The van der Waals surface area contributed by atoms with Crippen molar-refractivity contribution < 1.29 is 14.3 Å². The smallest absolute Gasteiger partial charge is 0.129 e. The molecule has 0 amide bonds. The van der Waals surface area contributed by atoms with E-state index < -0.39 is 0 Å². The van der Waals surface area contributed by atoms with E-state index in [4.69, 9.17) is 14.3 Å². The predicted octanol–water partition coefficient (Wildman–Crippen LogP) is 5.86. The van der Waals surface area contributed by atoms with E-state index in [9.17, 15) is 0 Å². The normalized spacial score (nSPS) is 12.2. The Hall–Kier alpha value is -2.59. The first-order chi connectivity index (χ1) is 13.3. The van der Waals surface area contributed by atoms with Crippen LogP contribution in [0.4, 0.5) is 0 Å². The van der Waals surface area contributed by atoms with E-state index in [1.165, 1.54) is 0 Å². The highest BCUT2D eigenvalue weighted by atomic mass is 16.6. The highest BCUT2D eigenvalue weighted by molar-refractivity contribution is 5.90. The number of ether oxygens (including phenoxy) is 2. The maximum absolute atomic E-state index is 5.75. The van der Waals surface area contributed by atoms with Crippen LogP contribution < -0.4 is 4.74 Å². The minimum absolute atomic E-state index is 0.242. The van der Waals surface area contributed by atoms with Gasteiger partial charge in [0, 0.05) is 5.56 Å². The van der Waals surface area contributed by atoms with Gasteiger partial charge in [0.1, 0.15) is 18.0 Å². The van der Waals surface area contributed by atoms with Crippen molar-refractivity contribution in [2.45, 2.75) is 46.3 Å². The molecule has 0 heterocycles. The van der Waals surface area contributed by atoms with Gasteiger partial charge in [0.05, 0.1) is 18.9 Å². The van der Waals surface area contributed by atoms with Crippen LogP contribution in [0.2, 0.25) is 0 Å². The molecule has 2 rings (SSSR count). The van der Waals surface area contributed by atoms with Crippen molar-refractivity contribution in [1.29, 1.82) is 0 Å². The molecule has 28 heavy (non-hydrogen) atoms. The van der Waals surface area contributed by atoms with Crippen molar-refractivity contribution in [1.82, 2.24) is 0 Å². The minimum Gasteiger partial charge on any atom is -0.490 e. The summed E-state index contributed by atoms with van der Waals surface area (Å²) in [4.78, 5) is 5.46. The molecule has 0 aliphatic heterocycles. The van der Waals surface area contributed by atoms with Crippen LogP contribution in [0.3, 0.4) is 0 Å². The van der Waals surface area contributed by atoms with Crippen LogP contribution in [0.25, 0.3) is 11.1 Å². The average Bonchev–Trinajstić information content (AvgIpc) is 2.64. The number of nitrogens with zero attached hydrogens (tertiary/aromatic N) is 1. The molecule has 0 N–H and O–H groups in total. The van der Waals surface area contributed by atoms with Gasteiger partial charge in [0.2, 0.25) is 0 Å². The van der Waals surface area contributed by atoms with Crippen LogP contribution in [0.1, 0.15) is 40.2 Å². The summed E-state index contributed by atoms with van der Waals surface area (Å²) in [6, 6.07) is 16.2. The van der Waals surface area contributed by atoms with Crippen LogP contribution >= 0.6 is 0 Å². The van der Waals surface area contributed by atoms with Gasteiger partial charge in [-0.2, -0.15) is 0 Å². The van der Waals surface area contributed by atoms with Crippen molar-refractivity contribution in [2.24, 2.45) is 5.16 Å². The molecule has 4 heteroatoms. The molecule has 0 atom stereocenters.